The highest BCUT2D eigenvalue weighted by molar-refractivity contribution is 5.79. The molecule has 1 aromatic rings. The molecule has 1 atom stereocenters. The Morgan fingerprint density at radius 1 is 1.26 bits per heavy atom. The minimum Gasteiger partial charge on any atom is -0.352 e. The van der Waals surface area contributed by atoms with Crippen LogP contribution in [0.2, 0.25) is 0 Å². The number of amides is 2. The van der Waals surface area contributed by atoms with Gasteiger partial charge < -0.3 is 10.2 Å². The standard InChI is InChI=1S/C21H30N4O2/c26-19(23-18-5-6-18)14-24-12-3-9-21(15-24)10-7-20(27)25(16-21)13-8-17-4-1-2-11-22-17/h1-2,4,11,18H,3,5-10,12-16H2,(H,23,26)/t21-/m0/s1. The third kappa shape index (κ3) is 4.86. The lowest BCUT2D eigenvalue weighted by atomic mass is 9.73. The molecule has 0 unspecified atom stereocenters. The first-order chi connectivity index (χ1) is 13.1. The van der Waals surface area contributed by atoms with Gasteiger partial charge in [-0.3, -0.25) is 19.5 Å². The number of likely N-dealkylation sites (tertiary alicyclic amines) is 2. The highest BCUT2D eigenvalue weighted by Gasteiger charge is 2.41. The fraction of sp³-hybridized carbons (Fsp3) is 0.667. The Labute approximate surface area is 161 Å². The third-order valence-corrected chi connectivity index (χ3v) is 6.16. The Kier molecular flexibility index (Phi) is 5.43. The van der Waals surface area contributed by atoms with Gasteiger partial charge in [-0.25, -0.2) is 0 Å². The van der Waals surface area contributed by atoms with Gasteiger partial charge in [-0.15, -0.1) is 0 Å². The zero-order chi connectivity index (χ0) is 18.7. The molecule has 4 rings (SSSR count). The van der Waals surface area contributed by atoms with Gasteiger partial charge in [-0.05, 0) is 50.8 Å². The van der Waals surface area contributed by atoms with E-state index in [1.54, 1.807) is 6.20 Å². The number of nitrogens with one attached hydrogen (secondary N) is 1. The van der Waals surface area contributed by atoms with Gasteiger partial charge in [0.2, 0.25) is 11.8 Å². The second kappa shape index (κ2) is 7.97. The maximum absolute atomic E-state index is 12.5. The van der Waals surface area contributed by atoms with Gasteiger partial charge in [0.15, 0.2) is 0 Å². The van der Waals surface area contributed by atoms with Crippen molar-refractivity contribution in [3.8, 4) is 0 Å². The number of carbonyl (C=O) groups excluding carboxylic acids is 2. The molecular weight excluding hydrogens is 340 g/mol. The topological polar surface area (TPSA) is 65.5 Å². The summed E-state index contributed by atoms with van der Waals surface area (Å²) in [6, 6.07) is 6.35. The lowest BCUT2D eigenvalue weighted by molar-refractivity contribution is -0.140. The van der Waals surface area contributed by atoms with Crippen molar-refractivity contribution in [2.24, 2.45) is 5.41 Å². The number of rotatable bonds is 6. The van der Waals surface area contributed by atoms with Crippen molar-refractivity contribution < 1.29 is 9.59 Å². The third-order valence-electron chi connectivity index (χ3n) is 6.16. The van der Waals surface area contributed by atoms with Crippen LogP contribution in [0, 0.1) is 5.41 Å². The molecule has 1 saturated carbocycles. The summed E-state index contributed by atoms with van der Waals surface area (Å²) in [4.78, 5) is 33.3. The normalized spacial score (nSPS) is 26.4. The van der Waals surface area contributed by atoms with Gasteiger partial charge in [0.1, 0.15) is 0 Å². The molecule has 1 spiro atoms. The highest BCUT2D eigenvalue weighted by atomic mass is 16.2. The van der Waals surface area contributed by atoms with E-state index in [9.17, 15) is 9.59 Å². The Morgan fingerprint density at radius 3 is 2.93 bits per heavy atom. The molecule has 0 bridgehead atoms. The summed E-state index contributed by atoms with van der Waals surface area (Å²) in [6.07, 6.45) is 8.71. The molecule has 146 valence electrons. The second-order valence-corrected chi connectivity index (χ2v) is 8.54. The maximum atomic E-state index is 12.5. The van der Waals surface area contributed by atoms with Crippen molar-refractivity contribution in [3.63, 3.8) is 0 Å². The maximum Gasteiger partial charge on any atom is 0.234 e. The van der Waals surface area contributed by atoms with Crippen LogP contribution in [0.5, 0.6) is 0 Å². The SMILES string of the molecule is O=C(CN1CCC[C@]2(CCC(=O)N(CCc3ccccn3)C2)C1)NC1CC1. The van der Waals surface area contributed by atoms with Gasteiger partial charge in [-0.2, -0.15) is 0 Å². The molecule has 3 aliphatic rings. The second-order valence-electron chi connectivity index (χ2n) is 8.54. The van der Waals surface area contributed by atoms with Crippen LogP contribution < -0.4 is 5.32 Å². The van der Waals surface area contributed by atoms with E-state index in [0.29, 0.717) is 19.0 Å². The predicted octanol–water partition coefficient (Wildman–Crippen LogP) is 1.61. The summed E-state index contributed by atoms with van der Waals surface area (Å²) >= 11 is 0. The number of aromatic nitrogens is 1. The molecule has 1 aromatic heterocycles. The lowest BCUT2D eigenvalue weighted by Gasteiger charge is -2.48. The average molecular weight is 370 g/mol. The van der Waals surface area contributed by atoms with Crippen LogP contribution in [0.1, 0.15) is 44.2 Å². The highest BCUT2D eigenvalue weighted by Crippen LogP contribution is 2.38. The molecule has 3 fully saturated rings. The predicted molar refractivity (Wildman–Crippen MR) is 103 cm³/mol. The molecule has 27 heavy (non-hydrogen) atoms. The van der Waals surface area contributed by atoms with Gasteiger partial charge in [0.25, 0.3) is 0 Å². The van der Waals surface area contributed by atoms with E-state index in [0.717, 1.165) is 70.4 Å². The summed E-state index contributed by atoms with van der Waals surface area (Å²) in [7, 11) is 0. The van der Waals surface area contributed by atoms with E-state index in [2.05, 4.69) is 15.2 Å². The molecule has 1 N–H and O–H groups in total. The molecule has 0 radical (unpaired) electrons. The van der Waals surface area contributed by atoms with Crippen molar-refractivity contribution >= 4 is 11.8 Å². The van der Waals surface area contributed by atoms with Gasteiger partial charge in [0, 0.05) is 55.8 Å². The van der Waals surface area contributed by atoms with E-state index < -0.39 is 0 Å². The van der Waals surface area contributed by atoms with Crippen LogP contribution in [-0.4, -0.2) is 65.4 Å². The van der Waals surface area contributed by atoms with E-state index in [1.807, 2.05) is 23.1 Å². The zero-order valence-corrected chi connectivity index (χ0v) is 16.0. The first-order valence-corrected chi connectivity index (χ1v) is 10.3. The summed E-state index contributed by atoms with van der Waals surface area (Å²) in [5, 5.41) is 3.09. The Balaban J connectivity index is 1.33. The molecule has 6 nitrogen and oxygen atoms in total. The van der Waals surface area contributed by atoms with Crippen LogP contribution >= 0.6 is 0 Å². The fourth-order valence-electron chi connectivity index (χ4n) is 4.58. The Morgan fingerprint density at radius 2 is 2.15 bits per heavy atom. The smallest absolute Gasteiger partial charge is 0.234 e. The number of piperidine rings is 2. The Hall–Kier alpha value is -1.95. The lowest BCUT2D eigenvalue weighted by Crippen LogP contribution is -2.55. The largest absolute Gasteiger partial charge is 0.352 e. The molecular formula is C21H30N4O2. The number of hydrogen-bond acceptors (Lipinski definition) is 4. The summed E-state index contributed by atoms with van der Waals surface area (Å²) in [5.74, 6) is 0.425. The number of carbonyl (C=O) groups is 2. The van der Waals surface area contributed by atoms with Crippen LogP contribution in [0.4, 0.5) is 0 Å². The summed E-state index contributed by atoms with van der Waals surface area (Å²) in [5.41, 5.74) is 1.18. The van der Waals surface area contributed by atoms with Crippen molar-refractivity contribution in [1.82, 2.24) is 20.1 Å². The molecule has 1 aliphatic carbocycles. The average Bonchev–Trinajstić information content (AvgIpc) is 3.47. The molecule has 6 heteroatoms. The summed E-state index contributed by atoms with van der Waals surface area (Å²) < 4.78 is 0. The minimum absolute atomic E-state index is 0.149. The van der Waals surface area contributed by atoms with Gasteiger partial charge in [0.05, 0.1) is 6.54 Å². The van der Waals surface area contributed by atoms with Crippen LogP contribution in [0.3, 0.4) is 0 Å². The fourth-order valence-corrected chi connectivity index (χ4v) is 4.58. The van der Waals surface area contributed by atoms with Crippen LogP contribution in [0.15, 0.2) is 24.4 Å². The quantitative estimate of drug-likeness (QED) is 0.826. The van der Waals surface area contributed by atoms with E-state index in [-0.39, 0.29) is 17.2 Å². The van der Waals surface area contributed by atoms with Crippen molar-refractivity contribution in [2.75, 3.05) is 32.7 Å². The van der Waals surface area contributed by atoms with Crippen molar-refractivity contribution in [3.05, 3.63) is 30.1 Å². The van der Waals surface area contributed by atoms with E-state index >= 15 is 0 Å². The first-order valence-electron chi connectivity index (χ1n) is 10.3. The van der Waals surface area contributed by atoms with E-state index in [4.69, 9.17) is 0 Å². The molecule has 0 aromatic carbocycles. The minimum atomic E-state index is 0.149. The molecule has 2 saturated heterocycles. The zero-order valence-electron chi connectivity index (χ0n) is 16.0. The van der Waals surface area contributed by atoms with Crippen molar-refractivity contribution in [1.29, 1.82) is 0 Å². The van der Waals surface area contributed by atoms with E-state index in [1.165, 1.54) is 0 Å². The van der Waals surface area contributed by atoms with Crippen LogP contribution in [0.25, 0.3) is 0 Å². The number of hydrogen-bond donors (Lipinski definition) is 1. The monoisotopic (exact) mass is 370 g/mol. The Bertz CT molecular complexity index is 676. The molecule has 2 aliphatic heterocycles. The van der Waals surface area contributed by atoms with Crippen molar-refractivity contribution in [2.45, 2.75) is 51.0 Å². The van der Waals surface area contributed by atoms with Crippen LogP contribution in [-0.2, 0) is 16.0 Å². The first kappa shape index (κ1) is 18.4. The van der Waals surface area contributed by atoms with Gasteiger partial charge in [-0.1, -0.05) is 6.07 Å². The van der Waals surface area contributed by atoms with Gasteiger partial charge >= 0.3 is 0 Å². The molecule has 3 heterocycles. The number of pyridine rings is 1. The number of nitrogens with zero attached hydrogens (tertiary/aromatic N) is 3. The summed E-state index contributed by atoms with van der Waals surface area (Å²) in [6.45, 7) is 3.97. The molecule has 2 amide bonds.